The van der Waals surface area contributed by atoms with Crippen LogP contribution in [0.15, 0.2) is 0 Å². The molecule has 0 amide bonds. The molecule has 0 N–H and O–H groups in total. The maximum atomic E-state index is 11.8. The van der Waals surface area contributed by atoms with Crippen molar-refractivity contribution in [3.8, 4) is 0 Å². The van der Waals surface area contributed by atoms with Crippen molar-refractivity contribution in [2.24, 2.45) is 5.41 Å². The van der Waals surface area contributed by atoms with Gasteiger partial charge in [0.05, 0.1) is 0 Å². The van der Waals surface area contributed by atoms with Gasteiger partial charge in [-0.1, -0.05) is 29.8 Å². The normalized spacial score (nSPS) is 28.6. The van der Waals surface area contributed by atoms with Gasteiger partial charge in [0.1, 0.15) is 0 Å². The Morgan fingerprint density at radius 2 is 1.93 bits per heavy atom. The number of rotatable bonds is 2. The summed E-state index contributed by atoms with van der Waals surface area (Å²) in [6, 6.07) is 0. The maximum absolute atomic E-state index is 11.8. The standard InChI is InChI=1S/C8H17BrN2O2S/c1-8(2)6-11(5-7(8)9)14(12,13)10(3)4/h7H,5-6H2,1-4H3. The van der Waals surface area contributed by atoms with Crippen LogP contribution in [-0.2, 0) is 10.2 Å². The smallest absolute Gasteiger partial charge is 0.195 e. The summed E-state index contributed by atoms with van der Waals surface area (Å²) >= 11 is 3.52. The second kappa shape index (κ2) is 3.73. The molecule has 1 atom stereocenters. The first kappa shape index (κ1) is 12.4. The Labute approximate surface area is 94.6 Å². The van der Waals surface area contributed by atoms with Crippen molar-refractivity contribution in [1.29, 1.82) is 0 Å². The molecule has 1 aliphatic heterocycles. The summed E-state index contributed by atoms with van der Waals surface area (Å²) in [5.74, 6) is 0. The number of nitrogens with zero attached hydrogens (tertiary/aromatic N) is 2. The van der Waals surface area contributed by atoms with Crippen LogP contribution in [0.5, 0.6) is 0 Å². The molecule has 1 rings (SSSR count). The summed E-state index contributed by atoms with van der Waals surface area (Å²) in [5, 5.41) is 0. The van der Waals surface area contributed by atoms with Crippen LogP contribution in [0.3, 0.4) is 0 Å². The lowest BCUT2D eigenvalue weighted by Gasteiger charge is -2.22. The maximum Gasteiger partial charge on any atom is 0.281 e. The Balaban J connectivity index is 2.87. The second-order valence-corrected chi connectivity index (χ2v) is 7.79. The Hall–Kier alpha value is 0.350. The van der Waals surface area contributed by atoms with E-state index in [0.29, 0.717) is 13.1 Å². The predicted octanol–water partition coefficient (Wildman–Crippen LogP) is 0.898. The highest BCUT2D eigenvalue weighted by Crippen LogP contribution is 2.36. The van der Waals surface area contributed by atoms with Crippen LogP contribution in [0.25, 0.3) is 0 Å². The van der Waals surface area contributed by atoms with E-state index in [1.54, 1.807) is 14.1 Å². The third-order valence-corrected chi connectivity index (χ3v) is 5.97. The third kappa shape index (κ3) is 2.13. The summed E-state index contributed by atoms with van der Waals surface area (Å²) in [4.78, 5) is 0.227. The molecule has 0 saturated carbocycles. The van der Waals surface area contributed by atoms with E-state index in [2.05, 4.69) is 29.8 Å². The van der Waals surface area contributed by atoms with E-state index < -0.39 is 10.2 Å². The van der Waals surface area contributed by atoms with Gasteiger partial charge in [-0.25, -0.2) is 0 Å². The molecular weight excluding hydrogens is 268 g/mol. The molecular formula is C8H17BrN2O2S. The number of alkyl halides is 1. The molecule has 0 spiro atoms. The molecule has 0 aromatic carbocycles. The molecule has 6 heteroatoms. The summed E-state index contributed by atoms with van der Waals surface area (Å²) in [6.07, 6.45) is 0. The molecule has 0 aromatic heterocycles. The number of hydrogen-bond donors (Lipinski definition) is 0. The van der Waals surface area contributed by atoms with Crippen molar-refractivity contribution >= 4 is 26.1 Å². The van der Waals surface area contributed by atoms with Gasteiger partial charge >= 0.3 is 0 Å². The van der Waals surface area contributed by atoms with Gasteiger partial charge in [0.25, 0.3) is 10.2 Å². The molecule has 0 aliphatic carbocycles. The first-order valence-electron chi connectivity index (χ1n) is 4.49. The molecule has 1 unspecified atom stereocenters. The Morgan fingerprint density at radius 3 is 2.21 bits per heavy atom. The topological polar surface area (TPSA) is 40.6 Å². The summed E-state index contributed by atoms with van der Waals surface area (Å²) in [6.45, 7) is 5.26. The van der Waals surface area contributed by atoms with Gasteiger partial charge in [0.15, 0.2) is 0 Å². The van der Waals surface area contributed by atoms with E-state index in [1.165, 1.54) is 8.61 Å². The van der Waals surface area contributed by atoms with Gasteiger partial charge in [-0.05, 0) is 5.41 Å². The van der Waals surface area contributed by atoms with Crippen LogP contribution < -0.4 is 0 Å². The van der Waals surface area contributed by atoms with Gasteiger partial charge in [-0.3, -0.25) is 0 Å². The lowest BCUT2D eigenvalue weighted by atomic mass is 9.93. The monoisotopic (exact) mass is 284 g/mol. The second-order valence-electron chi connectivity index (χ2n) is 4.54. The predicted molar refractivity (Wildman–Crippen MR) is 60.7 cm³/mol. The van der Waals surface area contributed by atoms with Crippen LogP contribution >= 0.6 is 15.9 Å². The fraction of sp³-hybridized carbons (Fsp3) is 1.00. The van der Waals surface area contributed by atoms with E-state index >= 15 is 0 Å². The average molecular weight is 285 g/mol. The first-order chi connectivity index (χ1) is 6.18. The van der Waals surface area contributed by atoms with Crippen LogP contribution in [0.4, 0.5) is 0 Å². The fourth-order valence-electron chi connectivity index (χ4n) is 1.45. The molecule has 0 aromatic rings. The zero-order chi connectivity index (χ0) is 11.1. The molecule has 0 bridgehead atoms. The molecule has 1 fully saturated rings. The summed E-state index contributed by atoms with van der Waals surface area (Å²) in [7, 11) is -0.125. The van der Waals surface area contributed by atoms with Crippen molar-refractivity contribution in [3.05, 3.63) is 0 Å². The number of halogens is 1. The van der Waals surface area contributed by atoms with Crippen molar-refractivity contribution in [2.75, 3.05) is 27.2 Å². The van der Waals surface area contributed by atoms with Gasteiger partial charge in [-0.15, -0.1) is 0 Å². The van der Waals surface area contributed by atoms with Gasteiger partial charge < -0.3 is 0 Å². The molecule has 4 nitrogen and oxygen atoms in total. The summed E-state index contributed by atoms with van der Waals surface area (Å²) < 4.78 is 26.4. The Morgan fingerprint density at radius 1 is 1.43 bits per heavy atom. The molecule has 1 heterocycles. The van der Waals surface area contributed by atoms with Gasteiger partial charge in [-0.2, -0.15) is 17.0 Å². The molecule has 14 heavy (non-hydrogen) atoms. The van der Waals surface area contributed by atoms with Crippen molar-refractivity contribution in [3.63, 3.8) is 0 Å². The highest BCUT2D eigenvalue weighted by Gasteiger charge is 2.43. The number of hydrogen-bond acceptors (Lipinski definition) is 2. The van der Waals surface area contributed by atoms with E-state index in [9.17, 15) is 8.42 Å². The largest absolute Gasteiger partial charge is 0.281 e. The molecule has 1 aliphatic rings. The minimum atomic E-state index is -3.24. The lowest BCUT2D eigenvalue weighted by Crippen LogP contribution is -2.39. The van der Waals surface area contributed by atoms with E-state index in [1.807, 2.05) is 0 Å². The zero-order valence-electron chi connectivity index (χ0n) is 8.99. The quantitative estimate of drug-likeness (QED) is 0.707. The molecule has 1 saturated heterocycles. The highest BCUT2D eigenvalue weighted by atomic mass is 79.9. The zero-order valence-corrected chi connectivity index (χ0v) is 11.4. The van der Waals surface area contributed by atoms with Crippen molar-refractivity contribution < 1.29 is 8.42 Å². The van der Waals surface area contributed by atoms with Gasteiger partial charge in [0, 0.05) is 32.0 Å². The Kier molecular flexibility index (Phi) is 3.31. The molecule has 0 radical (unpaired) electrons. The van der Waals surface area contributed by atoms with Crippen molar-refractivity contribution in [2.45, 2.75) is 18.7 Å². The van der Waals surface area contributed by atoms with Crippen molar-refractivity contribution in [1.82, 2.24) is 8.61 Å². The first-order valence-corrected chi connectivity index (χ1v) is 6.81. The summed E-state index contributed by atoms with van der Waals surface area (Å²) in [5.41, 5.74) is 0.00306. The van der Waals surface area contributed by atoms with Crippen LogP contribution in [0.1, 0.15) is 13.8 Å². The minimum Gasteiger partial charge on any atom is -0.195 e. The third-order valence-electron chi connectivity index (χ3n) is 2.58. The van der Waals surface area contributed by atoms with Crippen LogP contribution in [0, 0.1) is 5.41 Å². The van der Waals surface area contributed by atoms with E-state index in [0.717, 1.165) is 0 Å². The molecule has 84 valence electrons. The van der Waals surface area contributed by atoms with Gasteiger partial charge in [0.2, 0.25) is 0 Å². The van der Waals surface area contributed by atoms with Crippen LogP contribution in [-0.4, -0.2) is 49.0 Å². The fourth-order valence-corrected chi connectivity index (χ4v) is 3.43. The lowest BCUT2D eigenvalue weighted by molar-refractivity contribution is 0.364. The Bertz CT molecular complexity index is 313. The minimum absolute atomic E-state index is 0.00306. The van der Waals surface area contributed by atoms with E-state index in [4.69, 9.17) is 0 Å². The average Bonchev–Trinajstić information content (AvgIpc) is 2.27. The highest BCUT2D eigenvalue weighted by molar-refractivity contribution is 9.09. The SMILES string of the molecule is CN(C)S(=O)(=O)N1CC(Br)C(C)(C)C1. The van der Waals surface area contributed by atoms with E-state index in [-0.39, 0.29) is 10.2 Å². The van der Waals surface area contributed by atoms with Crippen LogP contribution in [0.2, 0.25) is 0 Å².